The molecule has 3 heterocycles. The lowest BCUT2D eigenvalue weighted by Gasteiger charge is -2.11. The molecule has 0 unspecified atom stereocenters. The summed E-state index contributed by atoms with van der Waals surface area (Å²) in [6.45, 7) is -0.220. The number of carbonyl (C=O) groups excluding carboxylic acids is 1. The Labute approximate surface area is 167 Å². The molecule has 5 aromatic rings. The number of hydrogen-bond acceptors (Lipinski definition) is 6. The number of para-hydroxylation sites is 4. The number of fused-ring (bicyclic) bond motifs is 2. The Balaban J connectivity index is 1.49. The molecule has 3 aromatic heterocycles. The fourth-order valence-electron chi connectivity index (χ4n) is 3.29. The number of carbonyl (C=O) groups is 1. The Morgan fingerprint density at radius 1 is 1.10 bits per heavy atom. The first kappa shape index (κ1) is 17.6. The Bertz CT molecular complexity index is 1520. The molecule has 0 aliphatic carbocycles. The zero-order valence-corrected chi connectivity index (χ0v) is 15.4. The summed E-state index contributed by atoms with van der Waals surface area (Å²) in [7, 11) is 0. The van der Waals surface area contributed by atoms with Gasteiger partial charge in [0, 0.05) is 0 Å². The van der Waals surface area contributed by atoms with Crippen LogP contribution < -0.4 is 16.6 Å². The van der Waals surface area contributed by atoms with Gasteiger partial charge in [0.1, 0.15) is 11.9 Å². The molecule has 0 saturated carbocycles. The maximum Gasteiger partial charge on any atom is 0.420 e. The SMILES string of the molecule is O=C(Cn1c(=O)oc2ccccc21)Nc1ccccc1-n1ncc2c(=O)[nH]cnc21. The van der Waals surface area contributed by atoms with Crippen molar-refractivity contribution in [1.82, 2.24) is 24.3 Å². The summed E-state index contributed by atoms with van der Waals surface area (Å²) < 4.78 is 7.90. The lowest BCUT2D eigenvalue weighted by molar-refractivity contribution is -0.116. The van der Waals surface area contributed by atoms with Gasteiger partial charge in [0.15, 0.2) is 11.2 Å². The number of benzene rings is 2. The fourth-order valence-corrected chi connectivity index (χ4v) is 3.29. The monoisotopic (exact) mass is 402 g/mol. The van der Waals surface area contributed by atoms with Gasteiger partial charge >= 0.3 is 5.76 Å². The normalized spacial score (nSPS) is 11.2. The summed E-state index contributed by atoms with van der Waals surface area (Å²) in [4.78, 5) is 43.4. The van der Waals surface area contributed by atoms with E-state index in [9.17, 15) is 14.4 Å². The highest BCUT2D eigenvalue weighted by Crippen LogP contribution is 2.22. The van der Waals surface area contributed by atoms with Gasteiger partial charge in [0.25, 0.3) is 5.56 Å². The quantitative estimate of drug-likeness (QED) is 0.471. The predicted octanol–water partition coefficient (Wildman–Crippen LogP) is 1.66. The Kier molecular flexibility index (Phi) is 4.02. The van der Waals surface area contributed by atoms with Crippen molar-refractivity contribution in [3.8, 4) is 5.69 Å². The minimum Gasteiger partial charge on any atom is -0.408 e. The number of aromatic amines is 1. The van der Waals surface area contributed by atoms with Gasteiger partial charge in [0.05, 0.1) is 29.4 Å². The van der Waals surface area contributed by atoms with Crippen molar-refractivity contribution in [2.45, 2.75) is 6.54 Å². The van der Waals surface area contributed by atoms with Gasteiger partial charge in [-0.25, -0.2) is 14.5 Å². The van der Waals surface area contributed by atoms with Crippen LogP contribution in [0.25, 0.3) is 27.8 Å². The van der Waals surface area contributed by atoms with E-state index in [0.29, 0.717) is 33.5 Å². The van der Waals surface area contributed by atoms with Crippen LogP contribution in [0.5, 0.6) is 0 Å². The van der Waals surface area contributed by atoms with Crippen LogP contribution in [0.4, 0.5) is 5.69 Å². The van der Waals surface area contributed by atoms with E-state index in [2.05, 4.69) is 20.4 Å². The molecule has 2 aromatic carbocycles. The van der Waals surface area contributed by atoms with Crippen LogP contribution in [0.15, 0.2) is 75.1 Å². The van der Waals surface area contributed by atoms with E-state index in [0.717, 1.165) is 0 Å². The molecule has 0 spiro atoms. The van der Waals surface area contributed by atoms with Crippen molar-refractivity contribution < 1.29 is 9.21 Å². The molecule has 148 valence electrons. The van der Waals surface area contributed by atoms with Crippen molar-refractivity contribution in [3.05, 3.63) is 82.0 Å². The second-order valence-electron chi connectivity index (χ2n) is 6.51. The second-order valence-corrected chi connectivity index (χ2v) is 6.51. The number of H-pyrrole nitrogens is 1. The molecule has 0 fully saturated rings. The van der Waals surface area contributed by atoms with E-state index < -0.39 is 11.7 Å². The van der Waals surface area contributed by atoms with Crippen LogP contribution in [0.3, 0.4) is 0 Å². The molecule has 0 aliphatic heterocycles. The van der Waals surface area contributed by atoms with Gasteiger partial charge in [-0.05, 0) is 24.3 Å². The number of oxazole rings is 1. The summed E-state index contributed by atoms with van der Waals surface area (Å²) in [5.41, 5.74) is 1.98. The Hall–Kier alpha value is -4.47. The Morgan fingerprint density at radius 2 is 1.90 bits per heavy atom. The van der Waals surface area contributed by atoms with Crippen molar-refractivity contribution in [2.75, 3.05) is 5.32 Å². The van der Waals surface area contributed by atoms with Crippen LogP contribution in [0.1, 0.15) is 0 Å². The lowest BCUT2D eigenvalue weighted by atomic mass is 10.2. The molecule has 5 rings (SSSR count). The lowest BCUT2D eigenvalue weighted by Crippen LogP contribution is -2.25. The molecule has 1 amide bonds. The average molecular weight is 402 g/mol. The third kappa shape index (κ3) is 2.87. The molecule has 0 atom stereocenters. The largest absolute Gasteiger partial charge is 0.420 e. The molecular weight excluding hydrogens is 388 g/mol. The average Bonchev–Trinajstić information content (AvgIpc) is 3.31. The topological polar surface area (TPSA) is 128 Å². The van der Waals surface area contributed by atoms with Gasteiger partial charge in [-0.1, -0.05) is 24.3 Å². The van der Waals surface area contributed by atoms with E-state index in [-0.39, 0.29) is 12.1 Å². The minimum absolute atomic E-state index is 0.220. The molecule has 30 heavy (non-hydrogen) atoms. The zero-order chi connectivity index (χ0) is 20.7. The molecule has 10 nitrogen and oxygen atoms in total. The Morgan fingerprint density at radius 3 is 2.80 bits per heavy atom. The maximum absolute atomic E-state index is 12.7. The minimum atomic E-state index is -0.610. The smallest absolute Gasteiger partial charge is 0.408 e. The number of rotatable bonds is 4. The maximum atomic E-state index is 12.7. The standard InChI is InChI=1S/C20H14N6O4/c27-17(10-25-15-7-3-4-8-16(15)30-20(25)29)24-13-5-1-2-6-14(13)26-18-12(9-23-26)19(28)22-11-21-18/h1-9,11H,10H2,(H,24,27)(H,21,22,28). The van der Waals surface area contributed by atoms with Gasteiger partial charge in [-0.3, -0.25) is 14.2 Å². The predicted molar refractivity (Wildman–Crippen MR) is 109 cm³/mol. The van der Waals surface area contributed by atoms with Crippen LogP contribution in [-0.4, -0.2) is 30.2 Å². The van der Waals surface area contributed by atoms with E-state index in [1.165, 1.54) is 21.8 Å². The van der Waals surface area contributed by atoms with Gasteiger partial charge < -0.3 is 14.7 Å². The van der Waals surface area contributed by atoms with E-state index in [4.69, 9.17) is 4.42 Å². The summed E-state index contributed by atoms with van der Waals surface area (Å²) in [5.74, 6) is -1.03. The molecule has 10 heteroatoms. The molecule has 0 saturated heterocycles. The number of nitrogens with one attached hydrogen (secondary N) is 2. The molecule has 0 bridgehead atoms. The second kappa shape index (κ2) is 6.85. The third-order valence-electron chi connectivity index (χ3n) is 4.65. The first-order chi connectivity index (χ1) is 14.6. The number of nitrogens with zero attached hydrogens (tertiary/aromatic N) is 4. The highest BCUT2D eigenvalue weighted by atomic mass is 16.4. The van der Waals surface area contributed by atoms with Gasteiger partial charge in [0.2, 0.25) is 5.91 Å². The number of anilines is 1. The first-order valence-electron chi connectivity index (χ1n) is 9.01. The molecule has 2 N–H and O–H groups in total. The van der Waals surface area contributed by atoms with Crippen molar-refractivity contribution >= 4 is 33.7 Å². The number of hydrogen-bond donors (Lipinski definition) is 2. The molecular formula is C20H14N6O4. The van der Waals surface area contributed by atoms with E-state index in [1.54, 1.807) is 48.5 Å². The summed E-state index contributed by atoms with van der Waals surface area (Å²) in [5, 5.41) is 7.36. The fraction of sp³-hybridized carbons (Fsp3) is 0.0500. The van der Waals surface area contributed by atoms with Crippen LogP contribution in [-0.2, 0) is 11.3 Å². The highest BCUT2D eigenvalue weighted by molar-refractivity contribution is 5.94. The first-order valence-corrected chi connectivity index (χ1v) is 9.01. The summed E-state index contributed by atoms with van der Waals surface area (Å²) >= 11 is 0. The van der Waals surface area contributed by atoms with Crippen LogP contribution >= 0.6 is 0 Å². The van der Waals surface area contributed by atoms with Gasteiger partial charge in [-0.2, -0.15) is 5.10 Å². The summed E-state index contributed by atoms with van der Waals surface area (Å²) in [6.07, 6.45) is 2.71. The number of amides is 1. The van der Waals surface area contributed by atoms with Crippen LogP contribution in [0.2, 0.25) is 0 Å². The van der Waals surface area contributed by atoms with Gasteiger partial charge in [-0.15, -0.1) is 0 Å². The van der Waals surface area contributed by atoms with E-state index >= 15 is 0 Å². The van der Waals surface area contributed by atoms with Crippen molar-refractivity contribution in [1.29, 1.82) is 0 Å². The van der Waals surface area contributed by atoms with Crippen molar-refractivity contribution in [3.63, 3.8) is 0 Å². The zero-order valence-electron chi connectivity index (χ0n) is 15.4. The summed E-state index contributed by atoms with van der Waals surface area (Å²) in [6, 6.07) is 13.9. The number of aromatic nitrogens is 5. The molecule has 0 aliphatic rings. The van der Waals surface area contributed by atoms with Crippen LogP contribution in [0, 0.1) is 0 Å². The van der Waals surface area contributed by atoms with Crippen molar-refractivity contribution in [2.24, 2.45) is 0 Å². The highest BCUT2D eigenvalue weighted by Gasteiger charge is 2.16. The third-order valence-corrected chi connectivity index (χ3v) is 4.65. The molecule has 0 radical (unpaired) electrons. The van der Waals surface area contributed by atoms with E-state index in [1.807, 2.05) is 0 Å².